The van der Waals surface area contributed by atoms with Crippen LogP contribution in [0.5, 0.6) is 0 Å². The Kier molecular flexibility index (Phi) is 5.43. The second kappa shape index (κ2) is 8.21. The zero-order chi connectivity index (χ0) is 22.6. The Morgan fingerprint density at radius 2 is 1.88 bits per heavy atom. The van der Waals surface area contributed by atoms with Gasteiger partial charge in [-0.2, -0.15) is 0 Å². The fourth-order valence-corrected chi connectivity index (χ4v) is 7.78. The lowest BCUT2D eigenvalue weighted by atomic mass is 9.53. The zero-order valence-corrected chi connectivity index (χ0v) is 20.1. The highest BCUT2D eigenvalue weighted by atomic mass is 16.6. The Morgan fingerprint density at radius 1 is 1.12 bits per heavy atom. The predicted octanol–water partition coefficient (Wildman–Crippen LogP) is 3.84. The number of ether oxygens (including phenoxy) is 2. The van der Waals surface area contributed by atoms with Crippen molar-refractivity contribution in [3.63, 3.8) is 0 Å². The minimum Gasteiger partial charge on any atom is -0.462 e. The van der Waals surface area contributed by atoms with E-state index in [4.69, 9.17) is 9.47 Å². The summed E-state index contributed by atoms with van der Waals surface area (Å²) >= 11 is 0. The summed E-state index contributed by atoms with van der Waals surface area (Å²) < 4.78 is 12.6. The summed E-state index contributed by atoms with van der Waals surface area (Å²) in [6, 6.07) is 10.5. The van der Waals surface area contributed by atoms with E-state index in [9.17, 15) is 4.79 Å². The lowest BCUT2D eigenvalue weighted by Gasteiger charge is -2.49. The van der Waals surface area contributed by atoms with Crippen molar-refractivity contribution in [1.82, 2.24) is 9.80 Å². The van der Waals surface area contributed by atoms with E-state index in [1.165, 1.54) is 24.8 Å². The standard InChI is InChI=1S/C28H38N2O3/c1-20-8-6-12-27(2)18-23-24(25-28(20,27)33-25)22(26(31)32-23)19-30-16-14-29(15-17-30)13-7-11-21-9-4-3-5-10-21/h3-5,7,9-11,20,22-25H,6,8,12-19H2,1-2H3/b11-7+/t20-,22+,23+,24+,25+,27+,28+/m0/s1. The number of epoxide rings is 1. The molecule has 0 unspecified atom stereocenters. The van der Waals surface area contributed by atoms with Crippen LogP contribution in [0.25, 0.3) is 6.08 Å². The fourth-order valence-electron chi connectivity index (χ4n) is 7.78. The van der Waals surface area contributed by atoms with E-state index in [2.05, 4.69) is 66.1 Å². The summed E-state index contributed by atoms with van der Waals surface area (Å²) in [5.41, 5.74) is 1.42. The molecule has 3 heterocycles. The molecule has 7 atom stereocenters. The average Bonchev–Trinajstić information content (AvgIpc) is 3.50. The molecule has 5 nitrogen and oxygen atoms in total. The first kappa shape index (κ1) is 21.8. The Hall–Kier alpha value is -1.69. The number of carbonyl (C=O) groups excluding carboxylic acids is 1. The van der Waals surface area contributed by atoms with E-state index in [-0.39, 0.29) is 41.0 Å². The summed E-state index contributed by atoms with van der Waals surface area (Å²) in [6.45, 7) is 10.7. The molecule has 0 amide bonds. The molecule has 3 aliphatic heterocycles. The lowest BCUT2D eigenvalue weighted by Crippen LogP contribution is -2.55. The summed E-state index contributed by atoms with van der Waals surface area (Å²) in [6.07, 6.45) is 9.47. The summed E-state index contributed by atoms with van der Waals surface area (Å²) in [5.74, 6) is 0.838. The largest absolute Gasteiger partial charge is 0.462 e. The number of hydrogen-bond acceptors (Lipinski definition) is 5. The molecule has 2 saturated carbocycles. The third-order valence-electron chi connectivity index (χ3n) is 9.59. The van der Waals surface area contributed by atoms with Gasteiger partial charge in [0.15, 0.2) is 0 Å². The van der Waals surface area contributed by atoms with Crippen LogP contribution in [0.4, 0.5) is 0 Å². The van der Waals surface area contributed by atoms with Gasteiger partial charge in [0.1, 0.15) is 11.7 Å². The van der Waals surface area contributed by atoms with E-state index in [1.807, 2.05) is 0 Å². The SMILES string of the molecule is C[C@H]1CCC[C@]2(C)C[C@H]3OC(=O)[C@H](CN4CCN(C/C=C/c5ccccc5)CC4)[C@H]3[C@H]3O[C@@]312. The minimum atomic E-state index is -0.0254. The van der Waals surface area contributed by atoms with E-state index in [0.717, 1.165) is 45.7 Å². The van der Waals surface area contributed by atoms with E-state index < -0.39 is 0 Å². The monoisotopic (exact) mass is 450 g/mol. The van der Waals surface area contributed by atoms with Gasteiger partial charge in [0.2, 0.25) is 0 Å². The number of hydrogen-bond donors (Lipinski definition) is 0. The van der Waals surface area contributed by atoms with Gasteiger partial charge in [0.25, 0.3) is 0 Å². The summed E-state index contributed by atoms with van der Waals surface area (Å²) in [7, 11) is 0. The molecular formula is C28H38N2O3. The van der Waals surface area contributed by atoms with E-state index in [1.54, 1.807) is 0 Å². The predicted molar refractivity (Wildman–Crippen MR) is 129 cm³/mol. The smallest absolute Gasteiger partial charge is 0.311 e. The molecule has 5 heteroatoms. The molecule has 1 aromatic rings. The van der Waals surface area contributed by atoms with Crippen molar-refractivity contribution in [2.45, 2.75) is 57.3 Å². The van der Waals surface area contributed by atoms with Crippen molar-refractivity contribution >= 4 is 12.0 Å². The van der Waals surface area contributed by atoms with Crippen LogP contribution in [-0.2, 0) is 14.3 Å². The van der Waals surface area contributed by atoms with Crippen molar-refractivity contribution in [3.05, 3.63) is 42.0 Å². The molecule has 0 radical (unpaired) electrons. The molecule has 3 saturated heterocycles. The van der Waals surface area contributed by atoms with Crippen LogP contribution in [0.2, 0.25) is 0 Å². The molecular weight excluding hydrogens is 412 g/mol. The first-order chi connectivity index (χ1) is 16.0. The van der Waals surface area contributed by atoms with E-state index >= 15 is 0 Å². The molecule has 6 rings (SSSR count). The third kappa shape index (κ3) is 3.59. The number of esters is 1. The molecule has 0 aromatic heterocycles. The van der Waals surface area contributed by atoms with Gasteiger partial charge in [0, 0.05) is 50.6 Å². The Labute approximate surface area is 198 Å². The van der Waals surface area contributed by atoms with Crippen LogP contribution in [0.1, 0.15) is 45.1 Å². The van der Waals surface area contributed by atoms with Gasteiger partial charge in [-0.05, 0) is 30.7 Å². The Bertz CT molecular complexity index is 911. The third-order valence-corrected chi connectivity index (χ3v) is 9.59. The number of benzene rings is 1. The number of piperazine rings is 1. The average molecular weight is 451 g/mol. The molecule has 0 N–H and O–H groups in total. The van der Waals surface area contributed by atoms with Gasteiger partial charge in [0.05, 0.1) is 12.0 Å². The van der Waals surface area contributed by atoms with Crippen molar-refractivity contribution < 1.29 is 14.3 Å². The van der Waals surface area contributed by atoms with Crippen LogP contribution in [0, 0.1) is 23.2 Å². The number of carbonyl (C=O) groups is 1. The van der Waals surface area contributed by atoms with Crippen LogP contribution in [0.15, 0.2) is 36.4 Å². The van der Waals surface area contributed by atoms with Crippen molar-refractivity contribution in [2.24, 2.45) is 23.2 Å². The van der Waals surface area contributed by atoms with Crippen molar-refractivity contribution in [2.75, 3.05) is 39.3 Å². The second-order valence-electron chi connectivity index (χ2n) is 11.5. The normalized spacial score (nSPS) is 43.1. The minimum absolute atomic E-state index is 0.00241. The molecule has 178 valence electrons. The van der Waals surface area contributed by atoms with Gasteiger partial charge in [-0.1, -0.05) is 62.8 Å². The maximum Gasteiger partial charge on any atom is 0.311 e. The molecule has 33 heavy (non-hydrogen) atoms. The van der Waals surface area contributed by atoms with Gasteiger partial charge >= 0.3 is 5.97 Å². The lowest BCUT2D eigenvalue weighted by molar-refractivity contribution is -0.146. The number of nitrogens with zero attached hydrogens (tertiary/aromatic N) is 2. The van der Waals surface area contributed by atoms with Crippen molar-refractivity contribution in [3.8, 4) is 0 Å². The van der Waals surface area contributed by atoms with Gasteiger partial charge < -0.3 is 9.47 Å². The van der Waals surface area contributed by atoms with Crippen LogP contribution < -0.4 is 0 Å². The highest BCUT2D eigenvalue weighted by Gasteiger charge is 2.78. The van der Waals surface area contributed by atoms with Gasteiger partial charge in [-0.15, -0.1) is 0 Å². The molecule has 1 spiro atoms. The first-order valence-electron chi connectivity index (χ1n) is 13.0. The van der Waals surface area contributed by atoms with Crippen LogP contribution >= 0.6 is 0 Å². The second-order valence-corrected chi connectivity index (χ2v) is 11.5. The Balaban J connectivity index is 1.06. The Morgan fingerprint density at radius 3 is 2.67 bits per heavy atom. The highest BCUT2D eigenvalue weighted by molar-refractivity contribution is 5.76. The molecule has 0 bridgehead atoms. The highest BCUT2D eigenvalue weighted by Crippen LogP contribution is 2.70. The molecule has 5 fully saturated rings. The quantitative estimate of drug-likeness (QED) is 0.504. The topological polar surface area (TPSA) is 45.3 Å². The fraction of sp³-hybridized carbons (Fsp3) is 0.679. The summed E-state index contributed by atoms with van der Waals surface area (Å²) in [4.78, 5) is 18.0. The van der Waals surface area contributed by atoms with Gasteiger partial charge in [-0.3, -0.25) is 14.6 Å². The maximum atomic E-state index is 13.0. The zero-order valence-electron chi connectivity index (χ0n) is 20.1. The molecule has 2 aliphatic carbocycles. The van der Waals surface area contributed by atoms with Crippen LogP contribution in [0.3, 0.4) is 0 Å². The van der Waals surface area contributed by atoms with Gasteiger partial charge in [-0.25, -0.2) is 0 Å². The van der Waals surface area contributed by atoms with E-state index in [0.29, 0.717) is 5.92 Å². The number of rotatable bonds is 5. The van der Waals surface area contributed by atoms with Crippen LogP contribution in [-0.4, -0.2) is 72.8 Å². The van der Waals surface area contributed by atoms with Crippen molar-refractivity contribution in [1.29, 1.82) is 0 Å². The maximum absolute atomic E-state index is 13.0. The summed E-state index contributed by atoms with van der Waals surface area (Å²) in [5, 5.41) is 0. The molecule has 1 aromatic carbocycles. The number of fused-ring (bicyclic) bond motifs is 2. The molecule has 5 aliphatic rings. The first-order valence-corrected chi connectivity index (χ1v) is 13.0.